The molecule has 0 saturated heterocycles. The lowest BCUT2D eigenvalue weighted by Crippen LogP contribution is -2.11. The third-order valence-corrected chi connectivity index (χ3v) is 6.10. The van der Waals surface area contributed by atoms with E-state index in [-0.39, 0.29) is 13.2 Å². The molecule has 0 unspecified atom stereocenters. The second-order valence-corrected chi connectivity index (χ2v) is 8.77. The van der Waals surface area contributed by atoms with Crippen molar-refractivity contribution in [1.82, 2.24) is 9.55 Å². The lowest BCUT2D eigenvalue weighted by Gasteiger charge is -2.13. The van der Waals surface area contributed by atoms with Crippen LogP contribution < -0.4 is 0 Å². The van der Waals surface area contributed by atoms with E-state index >= 15 is 0 Å². The van der Waals surface area contributed by atoms with Gasteiger partial charge in [-0.05, 0) is 41.1 Å². The molecule has 0 saturated carbocycles. The largest absolute Gasteiger partial charge is 0.480 e. The molecule has 7 heteroatoms. The molecule has 3 aromatic rings. The molecule has 31 heavy (non-hydrogen) atoms. The third-order valence-electron chi connectivity index (χ3n) is 4.86. The van der Waals surface area contributed by atoms with Gasteiger partial charge >= 0.3 is 5.97 Å². The van der Waals surface area contributed by atoms with Gasteiger partial charge in [0.15, 0.2) is 0 Å². The van der Waals surface area contributed by atoms with Crippen molar-refractivity contribution in [2.45, 2.75) is 39.2 Å². The van der Waals surface area contributed by atoms with Crippen LogP contribution in [0.1, 0.15) is 41.7 Å². The fraction of sp³-hybridized carbons (Fsp3) is 0.333. The van der Waals surface area contributed by atoms with Gasteiger partial charge in [-0.2, -0.15) is 0 Å². The number of benzene rings is 1. The van der Waals surface area contributed by atoms with Gasteiger partial charge in [-0.1, -0.05) is 49.2 Å². The summed E-state index contributed by atoms with van der Waals surface area (Å²) in [4.78, 5) is 16.8. The van der Waals surface area contributed by atoms with E-state index in [2.05, 4.69) is 28.6 Å². The van der Waals surface area contributed by atoms with Gasteiger partial charge in [0.1, 0.15) is 12.4 Å². The summed E-state index contributed by atoms with van der Waals surface area (Å²) in [7, 11) is 0. The van der Waals surface area contributed by atoms with Crippen LogP contribution in [-0.2, 0) is 28.9 Å². The Balaban J connectivity index is 1.92. The van der Waals surface area contributed by atoms with Crippen LogP contribution in [0, 0.1) is 0 Å². The Labute approximate surface area is 192 Å². The number of rotatable bonds is 12. The summed E-state index contributed by atoms with van der Waals surface area (Å²) in [5.41, 5.74) is 3.01. The number of aromatic nitrogens is 2. The van der Waals surface area contributed by atoms with Gasteiger partial charge in [0.05, 0.1) is 25.0 Å². The standard InChI is InChI=1S/C24H27ClN2O3S/c1-2-3-10-23-26-14-20(27(23)15-19-7-4-5-9-22(19)25)12-18(16-30-17-24(28)29)13-21-8-6-11-31-21/h4-9,11-12,14H,2-3,10,13,15-17H2,1H3,(H,28,29). The maximum absolute atomic E-state index is 10.9. The monoisotopic (exact) mass is 458 g/mol. The van der Waals surface area contributed by atoms with E-state index in [1.54, 1.807) is 11.3 Å². The molecule has 0 radical (unpaired) electrons. The Hall–Kier alpha value is -2.41. The number of aliphatic carboxylic acids is 1. The quantitative estimate of drug-likeness (QED) is 0.377. The van der Waals surface area contributed by atoms with Crippen LogP contribution in [0.15, 0.2) is 53.5 Å². The lowest BCUT2D eigenvalue weighted by molar-refractivity contribution is -0.141. The Morgan fingerprint density at radius 1 is 1.26 bits per heavy atom. The van der Waals surface area contributed by atoms with Crippen molar-refractivity contribution >= 4 is 35.0 Å². The first-order valence-electron chi connectivity index (χ1n) is 10.4. The molecular weight excluding hydrogens is 432 g/mol. The van der Waals surface area contributed by atoms with Crippen LogP contribution >= 0.6 is 22.9 Å². The fourth-order valence-electron chi connectivity index (χ4n) is 3.32. The van der Waals surface area contributed by atoms with Crippen LogP contribution in [0.4, 0.5) is 0 Å². The molecule has 0 atom stereocenters. The first-order valence-corrected chi connectivity index (χ1v) is 11.6. The minimum Gasteiger partial charge on any atom is -0.480 e. The van der Waals surface area contributed by atoms with Gasteiger partial charge in [0.2, 0.25) is 0 Å². The number of hydrogen-bond donors (Lipinski definition) is 1. The summed E-state index contributed by atoms with van der Waals surface area (Å²) in [6, 6.07) is 11.9. The Kier molecular flexibility index (Phi) is 8.88. The summed E-state index contributed by atoms with van der Waals surface area (Å²) in [6.07, 6.45) is 7.71. The third kappa shape index (κ3) is 7.06. The molecular formula is C24H27ClN2O3S. The first kappa shape index (κ1) is 23.3. The van der Waals surface area contributed by atoms with Crippen molar-refractivity contribution in [2.75, 3.05) is 13.2 Å². The van der Waals surface area contributed by atoms with E-state index in [0.717, 1.165) is 46.9 Å². The molecule has 0 amide bonds. The SMILES string of the molecule is CCCCc1ncc(C=C(COCC(=O)O)Cc2cccs2)n1Cc1ccccc1Cl. The highest BCUT2D eigenvalue weighted by molar-refractivity contribution is 7.09. The number of carboxylic acid groups (broad SMARTS) is 1. The van der Waals surface area contributed by atoms with Gasteiger partial charge in [-0.25, -0.2) is 9.78 Å². The van der Waals surface area contributed by atoms with Crippen molar-refractivity contribution in [3.63, 3.8) is 0 Å². The second kappa shape index (κ2) is 11.8. The molecule has 164 valence electrons. The van der Waals surface area contributed by atoms with Gasteiger partial charge in [0.25, 0.3) is 0 Å². The number of carbonyl (C=O) groups is 1. The number of unbranched alkanes of at least 4 members (excludes halogenated alkanes) is 1. The molecule has 1 N–H and O–H groups in total. The molecule has 0 spiro atoms. The average molecular weight is 459 g/mol. The highest BCUT2D eigenvalue weighted by Crippen LogP contribution is 2.22. The van der Waals surface area contributed by atoms with Crippen LogP contribution in [-0.4, -0.2) is 33.8 Å². The van der Waals surface area contributed by atoms with E-state index < -0.39 is 5.97 Å². The fourth-order valence-corrected chi connectivity index (χ4v) is 4.27. The Morgan fingerprint density at radius 2 is 2.10 bits per heavy atom. The Morgan fingerprint density at radius 3 is 2.81 bits per heavy atom. The maximum atomic E-state index is 10.9. The minimum absolute atomic E-state index is 0.256. The molecule has 0 aliphatic rings. The molecule has 5 nitrogen and oxygen atoms in total. The van der Waals surface area contributed by atoms with Crippen LogP contribution in [0.2, 0.25) is 5.02 Å². The maximum Gasteiger partial charge on any atom is 0.329 e. The predicted molar refractivity (Wildman–Crippen MR) is 126 cm³/mol. The average Bonchev–Trinajstić information content (AvgIpc) is 3.38. The van der Waals surface area contributed by atoms with Gasteiger partial charge in [-0.3, -0.25) is 0 Å². The lowest BCUT2D eigenvalue weighted by atomic mass is 10.1. The predicted octanol–water partition coefficient (Wildman–Crippen LogP) is 5.72. The number of halogens is 1. The Bertz CT molecular complexity index is 1010. The van der Waals surface area contributed by atoms with E-state index in [1.165, 1.54) is 4.88 Å². The van der Waals surface area contributed by atoms with E-state index in [1.807, 2.05) is 41.9 Å². The smallest absolute Gasteiger partial charge is 0.329 e. The second-order valence-electron chi connectivity index (χ2n) is 7.33. The van der Waals surface area contributed by atoms with Gasteiger partial charge in [-0.15, -0.1) is 11.3 Å². The van der Waals surface area contributed by atoms with Gasteiger partial charge < -0.3 is 14.4 Å². The summed E-state index contributed by atoms with van der Waals surface area (Å²) >= 11 is 8.10. The van der Waals surface area contributed by atoms with Crippen molar-refractivity contribution in [3.05, 3.63) is 80.5 Å². The summed E-state index contributed by atoms with van der Waals surface area (Å²) in [5, 5.41) is 11.7. The highest BCUT2D eigenvalue weighted by Gasteiger charge is 2.12. The number of carboxylic acids is 1. The van der Waals surface area contributed by atoms with Crippen molar-refractivity contribution in [1.29, 1.82) is 0 Å². The zero-order valence-electron chi connectivity index (χ0n) is 17.6. The highest BCUT2D eigenvalue weighted by atomic mass is 35.5. The molecule has 0 aliphatic heterocycles. The van der Waals surface area contributed by atoms with E-state index in [9.17, 15) is 4.79 Å². The number of thiophene rings is 1. The van der Waals surface area contributed by atoms with Crippen molar-refractivity contribution < 1.29 is 14.6 Å². The van der Waals surface area contributed by atoms with Gasteiger partial charge in [0, 0.05) is 22.7 Å². The summed E-state index contributed by atoms with van der Waals surface area (Å²) < 4.78 is 7.61. The zero-order valence-corrected chi connectivity index (χ0v) is 19.2. The zero-order chi connectivity index (χ0) is 22.1. The molecule has 0 fully saturated rings. The minimum atomic E-state index is -0.971. The van der Waals surface area contributed by atoms with Crippen LogP contribution in [0.25, 0.3) is 6.08 Å². The summed E-state index contributed by atoms with van der Waals surface area (Å²) in [5.74, 6) is 0.0519. The number of imidazole rings is 1. The first-order chi connectivity index (χ1) is 15.1. The van der Waals surface area contributed by atoms with E-state index in [0.29, 0.717) is 13.0 Å². The number of hydrogen-bond acceptors (Lipinski definition) is 4. The molecule has 3 rings (SSSR count). The molecule has 2 heterocycles. The van der Waals surface area contributed by atoms with Crippen LogP contribution in [0.3, 0.4) is 0 Å². The molecule has 0 bridgehead atoms. The van der Waals surface area contributed by atoms with Crippen LogP contribution in [0.5, 0.6) is 0 Å². The van der Waals surface area contributed by atoms with Crippen molar-refractivity contribution in [2.24, 2.45) is 0 Å². The topological polar surface area (TPSA) is 64.3 Å². The number of nitrogens with zero attached hydrogens (tertiary/aromatic N) is 2. The van der Waals surface area contributed by atoms with E-state index in [4.69, 9.17) is 21.4 Å². The van der Waals surface area contributed by atoms with Crippen molar-refractivity contribution in [3.8, 4) is 0 Å². The molecule has 1 aromatic carbocycles. The number of aryl methyl sites for hydroxylation is 1. The number of ether oxygens (including phenoxy) is 1. The summed E-state index contributed by atoms with van der Waals surface area (Å²) in [6.45, 7) is 2.74. The molecule has 0 aliphatic carbocycles. The normalized spacial score (nSPS) is 11.7. The molecule has 2 aromatic heterocycles.